The molecule has 0 aromatic carbocycles. The molecule has 0 bridgehead atoms. The lowest BCUT2D eigenvalue weighted by Crippen LogP contribution is -2.43. The van der Waals surface area contributed by atoms with Gasteiger partial charge in [0.1, 0.15) is 5.82 Å². The number of nitrogens with zero attached hydrogens (tertiary/aromatic N) is 3. The van der Waals surface area contributed by atoms with Crippen molar-refractivity contribution < 1.29 is 14.2 Å². The van der Waals surface area contributed by atoms with Crippen molar-refractivity contribution in [2.24, 2.45) is 5.92 Å². The highest BCUT2D eigenvalue weighted by atomic mass is 19.1. The van der Waals surface area contributed by atoms with Crippen LogP contribution in [0.25, 0.3) is 11.0 Å². The fraction of sp³-hybridized carbons (Fsp3) is 0.529. The summed E-state index contributed by atoms with van der Waals surface area (Å²) < 4.78 is 19.4. The molecule has 1 saturated heterocycles. The summed E-state index contributed by atoms with van der Waals surface area (Å²) in [4.78, 5) is 10.6. The van der Waals surface area contributed by atoms with Crippen molar-refractivity contribution in [3.63, 3.8) is 0 Å². The third-order valence-electron chi connectivity index (χ3n) is 4.63. The zero-order chi connectivity index (χ0) is 16.4. The molecule has 3 heterocycles. The minimum Gasteiger partial charge on any atom is -0.481 e. The Bertz CT molecular complexity index is 695. The van der Waals surface area contributed by atoms with E-state index in [0.29, 0.717) is 47.9 Å². The van der Waals surface area contributed by atoms with Gasteiger partial charge in [0.25, 0.3) is 0 Å². The number of β-amino-alcohol motifs (C(OH)–C–C–N with tert-alkyl or cyclic N) is 1. The second-order valence-electron chi connectivity index (χ2n) is 6.19. The number of rotatable bonds is 4. The second-order valence-corrected chi connectivity index (χ2v) is 6.19. The number of aliphatic hydroxyl groups is 1. The van der Waals surface area contributed by atoms with Crippen LogP contribution >= 0.6 is 0 Å². The normalized spacial score (nSPS) is 22.4. The van der Waals surface area contributed by atoms with E-state index in [0.717, 1.165) is 13.0 Å². The number of aliphatic hydroxyl groups excluding tert-OH is 1. The summed E-state index contributed by atoms with van der Waals surface area (Å²) in [7, 11) is 1.54. The summed E-state index contributed by atoms with van der Waals surface area (Å²) >= 11 is 0. The molecule has 0 aliphatic carbocycles. The van der Waals surface area contributed by atoms with Crippen LogP contribution in [0.3, 0.4) is 0 Å². The molecule has 0 radical (unpaired) electrons. The molecule has 1 fully saturated rings. The molecule has 1 N–H and O–H groups in total. The molecular weight excluding hydrogens is 297 g/mol. The van der Waals surface area contributed by atoms with E-state index in [1.54, 1.807) is 12.1 Å². The first-order valence-corrected chi connectivity index (χ1v) is 7.97. The highest BCUT2D eigenvalue weighted by Gasteiger charge is 2.24. The van der Waals surface area contributed by atoms with E-state index < -0.39 is 0 Å². The van der Waals surface area contributed by atoms with E-state index in [-0.39, 0.29) is 11.9 Å². The van der Waals surface area contributed by atoms with Crippen LogP contribution in [-0.2, 0) is 6.42 Å². The van der Waals surface area contributed by atoms with Crippen LogP contribution in [0.5, 0.6) is 5.88 Å². The molecule has 3 rings (SSSR count). The maximum absolute atomic E-state index is 14.2. The number of hydrogen-bond acceptors (Lipinski definition) is 5. The zero-order valence-electron chi connectivity index (χ0n) is 13.5. The molecule has 2 aromatic heterocycles. The molecule has 0 amide bonds. The van der Waals surface area contributed by atoms with Gasteiger partial charge in [0, 0.05) is 24.7 Å². The van der Waals surface area contributed by atoms with Crippen LogP contribution in [0.2, 0.25) is 0 Å². The lowest BCUT2D eigenvalue weighted by atomic mass is 9.96. The van der Waals surface area contributed by atoms with Crippen LogP contribution in [0.15, 0.2) is 18.3 Å². The first-order chi connectivity index (χ1) is 11.1. The number of aromatic nitrogens is 2. The quantitative estimate of drug-likeness (QED) is 0.934. The minimum absolute atomic E-state index is 0.305. The molecule has 23 heavy (non-hydrogen) atoms. The van der Waals surface area contributed by atoms with Crippen molar-refractivity contribution in [3.8, 4) is 5.88 Å². The fourth-order valence-electron chi connectivity index (χ4n) is 3.02. The number of hydrogen-bond donors (Lipinski definition) is 1. The van der Waals surface area contributed by atoms with E-state index in [9.17, 15) is 9.50 Å². The van der Waals surface area contributed by atoms with Gasteiger partial charge in [0.05, 0.1) is 30.4 Å². The van der Waals surface area contributed by atoms with Crippen LogP contribution in [0.1, 0.15) is 18.9 Å². The summed E-state index contributed by atoms with van der Waals surface area (Å²) in [6.07, 6.45) is 2.44. The van der Waals surface area contributed by atoms with Crippen LogP contribution < -0.4 is 4.74 Å². The molecule has 2 unspecified atom stereocenters. The van der Waals surface area contributed by atoms with E-state index in [1.165, 1.54) is 13.3 Å². The Morgan fingerprint density at radius 3 is 3.00 bits per heavy atom. The van der Waals surface area contributed by atoms with Gasteiger partial charge in [0.15, 0.2) is 0 Å². The van der Waals surface area contributed by atoms with Gasteiger partial charge in [-0.15, -0.1) is 0 Å². The van der Waals surface area contributed by atoms with Crippen molar-refractivity contribution >= 4 is 11.0 Å². The first kappa shape index (κ1) is 16.1. The van der Waals surface area contributed by atoms with Crippen LogP contribution in [0, 0.1) is 11.7 Å². The number of methoxy groups -OCH3 is 1. The van der Waals surface area contributed by atoms with Crippen molar-refractivity contribution in [2.75, 3.05) is 26.7 Å². The molecular formula is C17H22FN3O2. The van der Waals surface area contributed by atoms with Gasteiger partial charge < -0.3 is 14.7 Å². The summed E-state index contributed by atoms with van der Waals surface area (Å²) in [5, 5.41) is 9.99. The topological polar surface area (TPSA) is 58.5 Å². The minimum atomic E-state index is -0.343. The number of ether oxygens (including phenoxy) is 1. The number of likely N-dealkylation sites (tertiary alicyclic amines) is 1. The number of pyridine rings is 2. The maximum Gasteiger partial charge on any atom is 0.213 e. The Morgan fingerprint density at radius 1 is 1.43 bits per heavy atom. The lowest BCUT2D eigenvalue weighted by Gasteiger charge is -2.34. The Hall–Kier alpha value is -1.79. The molecule has 1 aliphatic rings. The molecule has 5 nitrogen and oxygen atoms in total. The van der Waals surface area contributed by atoms with E-state index in [1.807, 2.05) is 0 Å². The summed E-state index contributed by atoms with van der Waals surface area (Å²) in [6.45, 7) is 4.33. The Balaban J connectivity index is 1.80. The number of piperidine rings is 1. The van der Waals surface area contributed by atoms with Gasteiger partial charge in [-0.25, -0.2) is 9.37 Å². The molecule has 124 valence electrons. The van der Waals surface area contributed by atoms with Crippen molar-refractivity contribution in [1.29, 1.82) is 0 Å². The summed E-state index contributed by atoms with van der Waals surface area (Å²) in [5.74, 6) is 0.438. The zero-order valence-corrected chi connectivity index (χ0v) is 13.5. The standard InChI is InChI=1S/C17H22FN3O2/c1-11-5-7-21(10-15(11)22)8-6-12-13(18)9-19-14-3-4-16(23-2)20-17(12)14/h3-4,9,11,15,22H,5-8,10H2,1-2H3. The van der Waals surface area contributed by atoms with Crippen LogP contribution in [0.4, 0.5) is 4.39 Å². The van der Waals surface area contributed by atoms with E-state index >= 15 is 0 Å². The largest absolute Gasteiger partial charge is 0.481 e. The predicted octanol–water partition coefficient (Wildman–Crippen LogP) is 2.02. The third kappa shape index (κ3) is 3.43. The Labute approximate surface area is 135 Å². The molecule has 6 heteroatoms. The van der Waals surface area contributed by atoms with Crippen molar-refractivity contribution in [3.05, 3.63) is 29.7 Å². The number of halogens is 1. The molecule has 0 saturated carbocycles. The Kier molecular flexibility index (Phi) is 4.73. The average Bonchev–Trinajstić information content (AvgIpc) is 2.56. The fourth-order valence-corrected chi connectivity index (χ4v) is 3.02. The predicted molar refractivity (Wildman–Crippen MR) is 86.0 cm³/mol. The molecule has 2 atom stereocenters. The van der Waals surface area contributed by atoms with Gasteiger partial charge in [-0.05, 0) is 31.4 Å². The highest BCUT2D eigenvalue weighted by molar-refractivity contribution is 5.78. The monoisotopic (exact) mass is 319 g/mol. The Morgan fingerprint density at radius 2 is 2.26 bits per heavy atom. The smallest absolute Gasteiger partial charge is 0.213 e. The van der Waals surface area contributed by atoms with E-state index in [2.05, 4.69) is 21.8 Å². The maximum atomic E-state index is 14.2. The summed E-state index contributed by atoms with van der Waals surface area (Å²) in [6, 6.07) is 3.51. The highest BCUT2D eigenvalue weighted by Crippen LogP contribution is 2.23. The van der Waals surface area contributed by atoms with Crippen molar-refractivity contribution in [1.82, 2.24) is 14.9 Å². The average molecular weight is 319 g/mol. The van der Waals surface area contributed by atoms with Crippen molar-refractivity contribution in [2.45, 2.75) is 25.9 Å². The second kappa shape index (κ2) is 6.76. The first-order valence-electron chi connectivity index (χ1n) is 7.97. The number of fused-ring (bicyclic) bond motifs is 1. The molecule has 2 aromatic rings. The third-order valence-corrected chi connectivity index (χ3v) is 4.63. The van der Waals surface area contributed by atoms with Gasteiger partial charge in [-0.3, -0.25) is 4.98 Å². The molecule has 1 aliphatic heterocycles. The van der Waals surface area contributed by atoms with Crippen LogP contribution in [-0.4, -0.2) is 52.8 Å². The SMILES string of the molecule is COc1ccc2ncc(F)c(CCN3CCC(C)C(O)C3)c2n1. The van der Waals surface area contributed by atoms with Gasteiger partial charge in [0.2, 0.25) is 5.88 Å². The summed E-state index contributed by atoms with van der Waals surface area (Å²) in [5.41, 5.74) is 1.77. The van der Waals surface area contributed by atoms with Gasteiger partial charge in [-0.1, -0.05) is 6.92 Å². The molecule has 0 spiro atoms. The van der Waals surface area contributed by atoms with E-state index in [4.69, 9.17) is 4.74 Å². The van der Waals surface area contributed by atoms with Gasteiger partial charge >= 0.3 is 0 Å². The van der Waals surface area contributed by atoms with Gasteiger partial charge in [-0.2, -0.15) is 0 Å². The lowest BCUT2D eigenvalue weighted by molar-refractivity contribution is 0.0297.